The third kappa shape index (κ3) is 2.81. The summed E-state index contributed by atoms with van der Waals surface area (Å²) < 4.78 is 12.8. The third-order valence-electron chi connectivity index (χ3n) is 5.43. The molecule has 4 rings (SSSR count). The van der Waals surface area contributed by atoms with Crippen molar-refractivity contribution in [2.45, 2.75) is 51.5 Å². The number of hydrogen-bond donors (Lipinski definition) is 0. The molecule has 0 amide bonds. The van der Waals surface area contributed by atoms with Gasteiger partial charge in [-0.25, -0.2) is 4.79 Å². The van der Waals surface area contributed by atoms with Crippen molar-refractivity contribution >= 4 is 22.8 Å². The molecule has 0 radical (unpaired) electrons. The molecule has 0 unspecified atom stereocenters. The maximum atomic E-state index is 12.3. The minimum Gasteiger partial charge on any atom is -0.465 e. The van der Waals surface area contributed by atoms with Crippen LogP contribution in [-0.2, 0) is 9.53 Å². The second-order valence-corrected chi connectivity index (χ2v) is 7.13. The molecule has 2 aliphatic rings. The first-order valence-electron chi connectivity index (χ1n) is 9.04. The van der Waals surface area contributed by atoms with Gasteiger partial charge in [0.2, 0.25) is 0 Å². The second-order valence-electron chi connectivity index (χ2n) is 7.13. The summed E-state index contributed by atoms with van der Waals surface area (Å²) in [6.07, 6.45) is 6.26. The van der Waals surface area contributed by atoms with E-state index >= 15 is 0 Å². The Kier molecular flexibility index (Phi) is 4.02. The first-order chi connectivity index (χ1) is 12.1. The molecule has 0 N–H and O–H groups in total. The lowest BCUT2D eigenvalue weighted by Crippen LogP contribution is -2.17. The molecule has 0 spiro atoms. The number of carbonyl (C=O) groups is 2. The van der Waals surface area contributed by atoms with E-state index in [0.29, 0.717) is 17.4 Å². The Morgan fingerprint density at radius 3 is 2.48 bits per heavy atom. The normalized spacial score (nSPS) is 17.8. The van der Waals surface area contributed by atoms with E-state index in [2.05, 4.69) is 4.57 Å². The average molecular weight is 341 g/mol. The van der Waals surface area contributed by atoms with Crippen LogP contribution in [0.1, 0.15) is 60.6 Å². The van der Waals surface area contributed by atoms with Gasteiger partial charge in [0.1, 0.15) is 5.75 Å². The topological polar surface area (TPSA) is 57.5 Å². The zero-order chi connectivity index (χ0) is 17.6. The van der Waals surface area contributed by atoms with Crippen molar-refractivity contribution in [1.29, 1.82) is 0 Å². The number of esters is 2. The fraction of sp³-hybridized carbons (Fsp3) is 0.500. The highest BCUT2D eigenvalue weighted by atomic mass is 16.5. The smallest absolute Gasteiger partial charge is 0.340 e. The molecule has 2 aliphatic carbocycles. The predicted octanol–water partition coefficient (Wildman–Crippen LogP) is 4.17. The molecule has 2 aromatic rings. The molecular formula is C20H23NO4. The number of carbonyl (C=O) groups excluding carboxylic acids is 2. The summed E-state index contributed by atoms with van der Waals surface area (Å²) in [5, 5.41) is 0.799. The minimum absolute atomic E-state index is 0.00794. The molecule has 5 nitrogen and oxygen atoms in total. The van der Waals surface area contributed by atoms with Crippen LogP contribution < -0.4 is 4.74 Å². The SMILES string of the molecule is COC(=O)c1c(C)n(C2CC2)c2ccc(OC(=O)C3CCCC3)cc12. The Morgan fingerprint density at radius 1 is 1.12 bits per heavy atom. The quantitative estimate of drug-likeness (QED) is 0.619. The number of methoxy groups -OCH3 is 1. The lowest BCUT2D eigenvalue weighted by Gasteiger charge is -2.10. The molecule has 0 saturated heterocycles. The van der Waals surface area contributed by atoms with Gasteiger partial charge in [-0.1, -0.05) is 12.8 Å². The monoisotopic (exact) mass is 341 g/mol. The number of fused-ring (bicyclic) bond motifs is 1. The molecule has 1 aromatic heterocycles. The van der Waals surface area contributed by atoms with Crippen LogP contribution >= 0.6 is 0 Å². The average Bonchev–Trinajstić information content (AvgIpc) is 3.19. The Morgan fingerprint density at radius 2 is 1.84 bits per heavy atom. The van der Waals surface area contributed by atoms with Gasteiger partial charge in [0, 0.05) is 22.6 Å². The highest BCUT2D eigenvalue weighted by molar-refractivity contribution is 6.06. The minimum atomic E-state index is -0.346. The van der Waals surface area contributed by atoms with Crippen LogP contribution in [0.5, 0.6) is 5.75 Å². The fourth-order valence-corrected chi connectivity index (χ4v) is 4.01. The van der Waals surface area contributed by atoms with Gasteiger partial charge in [0.05, 0.1) is 18.6 Å². The zero-order valence-corrected chi connectivity index (χ0v) is 14.7. The summed E-state index contributed by atoms with van der Waals surface area (Å²) in [4.78, 5) is 24.6. The van der Waals surface area contributed by atoms with Gasteiger partial charge in [0.25, 0.3) is 0 Å². The first kappa shape index (κ1) is 16.2. The third-order valence-corrected chi connectivity index (χ3v) is 5.43. The van der Waals surface area contributed by atoms with E-state index < -0.39 is 0 Å². The van der Waals surface area contributed by atoms with Gasteiger partial charge in [-0.05, 0) is 50.8 Å². The Hall–Kier alpha value is -2.30. The van der Waals surface area contributed by atoms with Crippen molar-refractivity contribution in [3.8, 4) is 5.75 Å². The molecule has 5 heteroatoms. The first-order valence-corrected chi connectivity index (χ1v) is 9.04. The van der Waals surface area contributed by atoms with Crippen molar-refractivity contribution in [1.82, 2.24) is 4.57 Å². The van der Waals surface area contributed by atoms with Crippen molar-refractivity contribution in [3.05, 3.63) is 29.5 Å². The summed E-state index contributed by atoms with van der Waals surface area (Å²) in [7, 11) is 1.39. The molecule has 2 saturated carbocycles. The number of nitrogens with zero attached hydrogens (tertiary/aromatic N) is 1. The van der Waals surface area contributed by atoms with Crippen LogP contribution in [0.4, 0.5) is 0 Å². The summed E-state index contributed by atoms with van der Waals surface area (Å²) in [5.74, 6) is 0.00653. The second kappa shape index (κ2) is 6.21. The molecule has 132 valence electrons. The van der Waals surface area contributed by atoms with Crippen LogP contribution in [0.2, 0.25) is 0 Å². The van der Waals surface area contributed by atoms with Crippen LogP contribution in [-0.4, -0.2) is 23.6 Å². The van der Waals surface area contributed by atoms with Gasteiger partial charge in [0.15, 0.2) is 0 Å². The fourth-order valence-electron chi connectivity index (χ4n) is 4.01. The van der Waals surface area contributed by atoms with Gasteiger partial charge >= 0.3 is 11.9 Å². The number of rotatable bonds is 4. The maximum Gasteiger partial charge on any atom is 0.340 e. The number of aromatic nitrogens is 1. The zero-order valence-electron chi connectivity index (χ0n) is 14.7. The van der Waals surface area contributed by atoms with Gasteiger partial charge < -0.3 is 14.0 Å². The molecule has 2 fully saturated rings. The van der Waals surface area contributed by atoms with E-state index in [1.165, 1.54) is 7.11 Å². The predicted molar refractivity (Wildman–Crippen MR) is 93.9 cm³/mol. The van der Waals surface area contributed by atoms with E-state index in [1.54, 1.807) is 6.07 Å². The number of ether oxygens (including phenoxy) is 2. The molecule has 0 aliphatic heterocycles. The van der Waals surface area contributed by atoms with E-state index in [9.17, 15) is 9.59 Å². The Balaban J connectivity index is 1.73. The number of benzene rings is 1. The standard InChI is InChI=1S/C20H23NO4/c1-12-18(20(23)24-2)16-11-15(25-19(22)13-5-3-4-6-13)9-10-17(16)21(12)14-7-8-14/h9-11,13-14H,3-8H2,1-2H3. The van der Waals surface area contributed by atoms with Crippen molar-refractivity contribution in [2.75, 3.05) is 7.11 Å². The van der Waals surface area contributed by atoms with E-state index in [1.807, 2.05) is 19.1 Å². The van der Waals surface area contributed by atoms with Crippen LogP contribution in [0.3, 0.4) is 0 Å². The summed E-state index contributed by atoms with van der Waals surface area (Å²) in [5.41, 5.74) is 2.49. The molecule has 0 bridgehead atoms. The molecular weight excluding hydrogens is 318 g/mol. The highest BCUT2D eigenvalue weighted by Gasteiger charge is 2.31. The lowest BCUT2D eigenvalue weighted by molar-refractivity contribution is -0.138. The highest BCUT2D eigenvalue weighted by Crippen LogP contribution is 2.42. The van der Waals surface area contributed by atoms with Gasteiger partial charge in [-0.3, -0.25) is 4.79 Å². The van der Waals surface area contributed by atoms with E-state index in [0.717, 1.165) is 55.1 Å². The van der Waals surface area contributed by atoms with Crippen molar-refractivity contribution in [2.24, 2.45) is 5.92 Å². The van der Waals surface area contributed by atoms with E-state index in [-0.39, 0.29) is 17.9 Å². The molecule has 25 heavy (non-hydrogen) atoms. The van der Waals surface area contributed by atoms with Crippen molar-refractivity contribution < 1.29 is 19.1 Å². The van der Waals surface area contributed by atoms with Crippen LogP contribution in [0.25, 0.3) is 10.9 Å². The van der Waals surface area contributed by atoms with Gasteiger partial charge in [-0.2, -0.15) is 0 Å². The maximum absolute atomic E-state index is 12.3. The van der Waals surface area contributed by atoms with Crippen molar-refractivity contribution in [3.63, 3.8) is 0 Å². The summed E-state index contributed by atoms with van der Waals surface area (Å²) in [6.45, 7) is 1.95. The van der Waals surface area contributed by atoms with Gasteiger partial charge in [-0.15, -0.1) is 0 Å². The van der Waals surface area contributed by atoms with E-state index in [4.69, 9.17) is 9.47 Å². The molecule has 0 atom stereocenters. The summed E-state index contributed by atoms with van der Waals surface area (Å²) >= 11 is 0. The lowest BCUT2D eigenvalue weighted by atomic mass is 10.1. The Bertz CT molecular complexity index is 841. The Labute approximate surface area is 146 Å². The van der Waals surface area contributed by atoms with Crippen LogP contribution in [0.15, 0.2) is 18.2 Å². The molecule has 1 aromatic carbocycles. The number of hydrogen-bond acceptors (Lipinski definition) is 4. The molecule has 1 heterocycles. The summed E-state index contributed by atoms with van der Waals surface area (Å²) in [6, 6.07) is 6.03. The van der Waals surface area contributed by atoms with Crippen LogP contribution in [0, 0.1) is 12.8 Å². The largest absolute Gasteiger partial charge is 0.465 e.